The summed E-state index contributed by atoms with van der Waals surface area (Å²) in [6.07, 6.45) is 0. The molecule has 4 aliphatic rings. The van der Waals surface area contributed by atoms with Crippen LogP contribution < -0.4 is 0 Å². The molecule has 0 aromatic rings. The zero-order chi connectivity index (χ0) is 14.4. The molecule has 0 aliphatic carbocycles. The highest BCUT2D eigenvalue weighted by molar-refractivity contribution is 7.83. The summed E-state index contributed by atoms with van der Waals surface area (Å²) in [6, 6.07) is 0. The van der Waals surface area contributed by atoms with E-state index in [1.54, 1.807) is 0 Å². The Morgan fingerprint density at radius 2 is 0.952 bits per heavy atom. The van der Waals surface area contributed by atoms with Crippen molar-refractivity contribution >= 4 is 77.6 Å². The molecular weight excluding hydrogens is 437 g/mol. The number of hydrogen-bond donors (Lipinski definition) is 0. The van der Waals surface area contributed by atoms with Gasteiger partial charge in [-0.2, -0.15) is 8.42 Å². The molecule has 0 atom stereocenters. The molecule has 21 heavy (non-hydrogen) atoms. The highest BCUT2D eigenvalue weighted by Gasteiger charge is 2.56. The highest BCUT2D eigenvalue weighted by Crippen LogP contribution is 2.21. The van der Waals surface area contributed by atoms with E-state index in [0.717, 1.165) is 0 Å². The van der Waals surface area contributed by atoms with Crippen molar-refractivity contribution < 1.29 is 53.2 Å². The minimum atomic E-state index is -4.43. The highest BCUT2D eigenvalue weighted by atomic mass is 32.3. The average molecular weight is 437 g/mol. The average Bonchev–Trinajstić information content (AvgIpc) is 2.26. The van der Waals surface area contributed by atoms with Gasteiger partial charge in [0.15, 0.2) is 0 Å². The fourth-order valence-corrected chi connectivity index (χ4v) is 17.1. The first-order valence-corrected chi connectivity index (χ1v) is 14.2. The summed E-state index contributed by atoms with van der Waals surface area (Å²) in [4.78, 5) is 0. The molecule has 4 heterocycles. The first-order chi connectivity index (χ1) is 10.1. The summed E-state index contributed by atoms with van der Waals surface area (Å²) in [5.74, 6) is 0. The Kier molecular flexibility index (Phi) is 4.56. The molecule has 8 radical (unpaired) electrons. The van der Waals surface area contributed by atoms with E-state index in [1.165, 1.54) is 0 Å². The molecule has 13 nitrogen and oxygen atoms in total. The summed E-state index contributed by atoms with van der Waals surface area (Å²) in [7, 11) is -20.1. The minimum Gasteiger partial charge on any atom is -0.391 e. The lowest BCUT2D eigenvalue weighted by atomic mass is 15.6. The van der Waals surface area contributed by atoms with Gasteiger partial charge in [-0.1, -0.05) is 0 Å². The zero-order valence-corrected chi connectivity index (χ0v) is 17.0. The second-order valence-electron chi connectivity index (χ2n) is 3.08. The standard InChI is InChI=1S/O13SSi7/c1-14(2)3-16-7-18-5-15-6-19-8-17(4-14)10-20(9-16)13-21(11-18)12-19. The van der Waals surface area contributed by atoms with Gasteiger partial charge in [0.2, 0.25) is 0 Å². The van der Waals surface area contributed by atoms with Crippen LogP contribution in [0.5, 0.6) is 0 Å². The number of hydrogen-bond acceptors (Lipinski definition) is 13. The van der Waals surface area contributed by atoms with Gasteiger partial charge in [-0.25, -0.2) is 7.74 Å². The lowest BCUT2D eigenvalue weighted by Gasteiger charge is -2.34. The summed E-state index contributed by atoms with van der Waals surface area (Å²) >= 11 is 0. The molecule has 0 amide bonds. The van der Waals surface area contributed by atoms with Crippen LogP contribution in [0.1, 0.15) is 0 Å². The van der Waals surface area contributed by atoms with E-state index in [-0.39, 0.29) is 0 Å². The van der Waals surface area contributed by atoms with Crippen molar-refractivity contribution in [3.05, 3.63) is 0 Å². The smallest absolute Gasteiger partial charge is 0.391 e. The van der Waals surface area contributed by atoms with Crippen LogP contribution in [0.25, 0.3) is 0 Å². The number of rotatable bonds is 0. The van der Waals surface area contributed by atoms with Gasteiger partial charge >= 0.3 is 77.6 Å². The van der Waals surface area contributed by atoms with Crippen LogP contribution in [0, 0.1) is 0 Å². The van der Waals surface area contributed by atoms with Gasteiger partial charge in [0, 0.05) is 0 Å². The maximum absolute atomic E-state index is 11.7. The second kappa shape index (κ2) is 6.15. The normalized spacial score (nSPS) is 33.9. The van der Waals surface area contributed by atoms with Crippen molar-refractivity contribution in [2.24, 2.45) is 0 Å². The Morgan fingerprint density at radius 3 is 1.48 bits per heavy atom. The van der Waals surface area contributed by atoms with Gasteiger partial charge < -0.3 is 37.0 Å². The van der Waals surface area contributed by atoms with Crippen molar-refractivity contribution in [3.8, 4) is 0 Å². The van der Waals surface area contributed by atoms with Crippen LogP contribution in [-0.2, 0) is 55.2 Å². The number of fused-ring (bicyclic) bond motifs is 4. The van der Waals surface area contributed by atoms with Crippen LogP contribution in [0.4, 0.5) is 0 Å². The SMILES string of the molecule is O=S1(=O)O[Si]2O[Si]3O[Si]O[Si]4O[Si](O3)O[Si](O2)O[Si](O4)O1. The van der Waals surface area contributed by atoms with E-state index >= 15 is 0 Å². The molecular formula is O13SSi7. The van der Waals surface area contributed by atoms with Crippen LogP contribution in [0.15, 0.2) is 0 Å². The molecule has 0 spiro atoms. The molecule has 112 valence electrons. The summed E-state index contributed by atoms with van der Waals surface area (Å²) < 4.78 is 80.5. The molecule has 4 saturated heterocycles. The van der Waals surface area contributed by atoms with Gasteiger partial charge in [-0.15, -0.1) is 0 Å². The van der Waals surface area contributed by atoms with Crippen LogP contribution in [-0.4, -0.2) is 75.6 Å². The molecule has 21 heteroatoms. The van der Waals surface area contributed by atoms with Gasteiger partial charge in [0.25, 0.3) is 0 Å². The molecule has 0 N–H and O–H groups in total. The van der Waals surface area contributed by atoms with Crippen LogP contribution in [0.3, 0.4) is 0 Å². The Labute approximate surface area is 131 Å². The van der Waals surface area contributed by atoms with Gasteiger partial charge in [0.1, 0.15) is 0 Å². The van der Waals surface area contributed by atoms with Crippen molar-refractivity contribution in [3.63, 3.8) is 0 Å². The van der Waals surface area contributed by atoms with E-state index in [4.69, 9.17) is 44.8 Å². The topological polar surface area (TPSA) is 136 Å². The van der Waals surface area contributed by atoms with E-state index in [2.05, 4.69) is 0 Å². The third-order valence-electron chi connectivity index (χ3n) is 1.76. The van der Waals surface area contributed by atoms with Crippen LogP contribution >= 0.6 is 0 Å². The lowest BCUT2D eigenvalue weighted by molar-refractivity contribution is 0.0850. The maximum atomic E-state index is 11.7. The zero-order valence-electron chi connectivity index (χ0n) is 9.22. The third-order valence-corrected chi connectivity index (χ3v) is 15.8. The van der Waals surface area contributed by atoms with Gasteiger partial charge in [-0.05, 0) is 0 Å². The summed E-state index contributed by atoms with van der Waals surface area (Å²) in [5, 5.41) is 0. The molecule has 4 fully saturated rings. The Balaban J connectivity index is 1.71. The van der Waals surface area contributed by atoms with Crippen molar-refractivity contribution in [2.45, 2.75) is 0 Å². The van der Waals surface area contributed by atoms with E-state index in [9.17, 15) is 8.42 Å². The molecule has 4 rings (SSSR count). The Morgan fingerprint density at radius 1 is 0.571 bits per heavy atom. The van der Waals surface area contributed by atoms with E-state index in [0.29, 0.717) is 0 Å². The van der Waals surface area contributed by atoms with Crippen molar-refractivity contribution in [1.29, 1.82) is 0 Å². The Bertz CT molecular complexity index is 455. The first kappa shape index (κ1) is 15.5. The fourth-order valence-electron chi connectivity index (χ4n) is 1.11. The monoisotopic (exact) mass is 436 g/mol. The van der Waals surface area contributed by atoms with E-state index in [1.807, 2.05) is 0 Å². The molecule has 0 aromatic heterocycles. The summed E-state index contributed by atoms with van der Waals surface area (Å²) in [6.45, 7) is 0. The van der Waals surface area contributed by atoms with Crippen molar-refractivity contribution in [2.75, 3.05) is 0 Å². The second-order valence-corrected chi connectivity index (χ2v) is 15.7. The lowest BCUT2D eigenvalue weighted by Crippen LogP contribution is -2.62. The Hall–Kier alpha value is 1.03. The van der Waals surface area contributed by atoms with Crippen molar-refractivity contribution in [1.82, 2.24) is 0 Å². The summed E-state index contributed by atoms with van der Waals surface area (Å²) in [5.41, 5.74) is 0. The fraction of sp³-hybridized carbons (Fsp3) is 0. The predicted octanol–water partition coefficient (Wildman–Crippen LogP) is -4.09. The van der Waals surface area contributed by atoms with Crippen LogP contribution in [0.2, 0.25) is 0 Å². The molecule has 4 aliphatic heterocycles. The maximum Gasteiger partial charge on any atom is 0.578 e. The van der Waals surface area contributed by atoms with Gasteiger partial charge in [-0.3, -0.25) is 0 Å². The molecule has 0 unspecified atom stereocenters. The minimum absolute atomic E-state index is 0.485. The molecule has 0 aromatic carbocycles. The molecule has 0 saturated carbocycles. The predicted molar refractivity (Wildman–Crippen MR) is 61.1 cm³/mol. The third kappa shape index (κ3) is 3.76. The van der Waals surface area contributed by atoms with E-state index < -0.39 is 77.6 Å². The van der Waals surface area contributed by atoms with Gasteiger partial charge in [0.05, 0.1) is 0 Å². The first-order valence-electron chi connectivity index (χ1n) is 4.75. The largest absolute Gasteiger partial charge is 0.578 e. The molecule has 6 bridgehead atoms. The quantitative estimate of drug-likeness (QED) is 0.341.